The number of hydrogen-bond acceptors (Lipinski definition) is 6. The van der Waals surface area contributed by atoms with Gasteiger partial charge in [-0.25, -0.2) is 0 Å². The molecule has 0 spiro atoms. The second kappa shape index (κ2) is 7.81. The molecule has 1 fully saturated rings. The molecular formula is C11H18ClN5O3. The largest absolute Gasteiger partial charge is 0.469 e. The van der Waals surface area contributed by atoms with Crippen molar-refractivity contribution in [3.05, 3.63) is 5.82 Å². The lowest BCUT2D eigenvalue weighted by molar-refractivity contribution is -0.139. The van der Waals surface area contributed by atoms with Crippen molar-refractivity contribution in [1.29, 1.82) is 0 Å². The summed E-state index contributed by atoms with van der Waals surface area (Å²) in [6, 6.07) is -0.198. The minimum absolute atomic E-state index is 0. The molecule has 1 atom stereocenters. The van der Waals surface area contributed by atoms with Crippen LogP contribution in [-0.4, -0.2) is 46.8 Å². The van der Waals surface area contributed by atoms with E-state index in [-0.39, 0.29) is 36.7 Å². The van der Waals surface area contributed by atoms with Crippen LogP contribution in [0.5, 0.6) is 0 Å². The Labute approximate surface area is 122 Å². The van der Waals surface area contributed by atoms with Crippen LogP contribution in [0.3, 0.4) is 0 Å². The monoisotopic (exact) mass is 303 g/mol. The van der Waals surface area contributed by atoms with Crippen molar-refractivity contribution in [3.63, 3.8) is 0 Å². The van der Waals surface area contributed by atoms with Crippen molar-refractivity contribution < 1.29 is 14.3 Å². The Morgan fingerprint density at radius 3 is 2.90 bits per heavy atom. The maximum atomic E-state index is 11.9. The second-order valence-corrected chi connectivity index (χ2v) is 4.35. The number of carbonyl (C=O) groups excluding carboxylic acids is 2. The van der Waals surface area contributed by atoms with Crippen LogP contribution in [0.25, 0.3) is 0 Å². The van der Waals surface area contributed by atoms with Crippen molar-refractivity contribution in [2.45, 2.75) is 31.7 Å². The van der Waals surface area contributed by atoms with E-state index in [4.69, 9.17) is 0 Å². The van der Waals surface area contributed by atoms with Crippen LogP contribution < -0.4 is 10.6 Å². The number of amides is 1. The fourth-order valence-electron chi connectivity index (χ4n) is 1.91. The number of rotatable bonds is 4. The summed E-state index contributed by atoms with van der Waals surface area (Å²) in [5.41, 5.74) is 0. The summed E-state index contributed by atoms with van der Waals surface area (Å²) in [5.74, 6) is -0.0266. The predicted octanol–water partition coefficient (Wildman–Crippen LogP) is 0.0226. The number of ether oxygens (including phenoxy) is 1. The molecule has 1 amide bonds. The van der Waals surface area contributed by atoms with E-state index >= 15 is 0 Å². The quantitative estimate of drug-likeness (QED) is 0.677. The van der Waals surface area contributed by atoms with E-state index < -0.39 is 5.97 Å². The number of nitrogens with one attached hydrogen (secondary N) is 3. The molecule has 1 aliphatic rings. The summed E-state index contributed by atoms with van der Waals surface area (Å²) in [7, 11) is 1.30. The Balaban J connectivity index is 0.00000200. The highest BCUT2D eigenvalue weighted by Gasteiger charge is 2.21. The zero-order chi connectivity index (χ0) is 13.7. The number of hydrogen-bond donors (Lipinski definition) is 3. The molecule has 0 bridgehead atoms. The third-order valence-electron chi connectivity index (χ3n) is 2.93. The molecule has 0 saturated carbocycles. The van der Waals surface area contributed by atoms with Gasteiger partial charge in [0.1, 0.15) is 12.2 Å². The summed E-state index contributed by atoms with van der Waals surface area (Å²) >= 11 is 0. The van der Waals surface area contributed by atoms with Crippen LogP contribution in [-0.2, 0) is 20.7 Å². The minimum atomic E-state index is -0.414. The number of piperidine rings is 1. The van der Waals surface area contributed by atoms with Crippen molar-refractivity contribution in [3.8, 4) is 0 Å². The standard InChI is InChI=1S/C11H17N5O3.ClH/c1-19-9(17)6-8-13-11(16-15-8)14-10(18)7-4-2-3-5-12-7;/h7,12H,2-6H2,1H3,(H2,13,14,15,16,18);1H. The fourth-order valence-corrected chi connectivity index (χ4v) is 1.91. The zero-order valence-corrected chi connectivity index (χ0v) is 12.0. The highest BCUT2D eigenvalue weighted by Crippen LogP contribution is 2.09. The molecule has 1 aromatic heterocycles. The van der Waals surface area contributed by atoms with E-state index in [2.05, 4.69) is 30.6 Å². The Morgan fingerprint density at radius 1 is 1.45 bits per heavy atom. The van der Waals surface area contributed by atoms with Gasteiger partial charge in [-0.2, -0.15) is 4.98 Å². The first kappa shape index (κ1) is 16.4. The van der Waals surface area contributed by atoms with E-state index in [1.165, 1.54) is 7.11 Å². The average molecular weight is 304 g/mol. The Morgan fingerprint density at radius 2 is 2.25 bits per heavy atom. The van der Waals surface area contributed by atoms with Crippen molar-refractivity contribution >= 4 is 30.2 Å². The van der Waals surface area contributed by atoms with Crippen molar-refractivity contribution in [2.24, 2.45) is 0 Å². The first-order valence-electron chi connectivity index (χ1n) is 6.21. The lowest BCUT2D eigenvalue weighted by Gasteiger charge is -2.21. The van der Waals surface area contributed by atoms with Gasteiger partial charge in [0.2, 0.25) is 11.9 Å². The molecule has 8 nitrogen and oxygen atoms in total. The van der Waals surface area contributed by atoms with E-state index in [1.54, 1.807) is 0 Å². The lowest BCUT2D eigenvalue weighted by atomic mass is 10.0. The van der Waals surface area contributed by atoms with Crippen LogP contribution in [0.4, 0.5) is 5.95 Å². The molecule has 0 aromatic carbocycles. The maximum absolute atomic E-state index is 11.9. The summed E-state index contributed by atoms with van der Waals surface area (Å²) in [6.45, 7) is 0.847. The molecule has 9 heteroatoms. The van der Waals surface area contributed by atoms with Crippen molar-refractivity contribution in [1.82, 2.24) is 20.5 Å². The van der Waals surface area contributed by atoms with Crippen molar-refractivity contribution in [2.75, 3.05) is 19.0 Å². The van der Waals surface area contributed by atoms with Crippen LogP contribution in [0, 0.1) is 0 Å². The van der Waals surface area contributed by atoms with Gasteiger partial charge in [0.25, 0.3) is 0 Å². The Hall–Kier alpha value is -1.67. The molecule has 1 saturated heterocycles. The predicted molar refractivity (Wildman–Crippen MR) is 73.6 cm³/mol. The second-order valence-electron chi connectivity index (χ2n) is 4.35. The highest BCUT2D eigenvalue weighted by atomic mass is 35.5. The van der Waals surface area contributed by atoms with Gasteiger partial charge in [0.15, 0.2) is 0 Å². The van der Waals surface area contributed by atoms with Gasteiger partial charge in [-0.05, 0) is 19.4 Å². The van der Waals surface area contributed by atoms with Gasteiger partial charge in [-0.15, -0.1) is 17.5 Å². The number of esters is 1. The third kappa shape index (κ3) is 4.46. The molecular weight excluding hydrogens is 286 g/mol. The molecule has 112 valence electrons. The third-order valence-corrected chi connectivity index (χ3v) is 2.93. The fraction of sp³-hybridized carbons (Fsp3) is 0.636. The first-order chi connectivity index (χ1) is 9.19. The number of nitrogens with zero attached hydrogens (tertiary/aromatic N) is 2. The molecule has 2 heterocycles. The molecule has 0 aliphatic carbocycles. The van der Waals surface area contributed by atoms with E-state index in [1.807, 2.05) is 0 Å². The summed E-state index contributed by atoms with van der Waals surface area (Å²) < 4.78 is 4.52. The first-order valence-corrected chi connectivity index (χ1v) is 6.21. The number of methoxy groups -OCH3 is 1. The topological polar surface area (TPSA) is 109 Å². The normalized spacial score (nSPS) is 17.9. The molecule has 2 rings (SSSR count). The summed E-state index contributed by atoms with van der Waals surface area (Å²) in [4.78, 5) is 27.0. The van der Waals surface area contributed by atoms with Gasteiger partial charge < -0.3 is 10.1 Å². The van der Waals surface area contributed by atoms with Crippen LogP contribution in [0.1, 0.15) is 25.1 Å². The van der Waals surface area contributed by atoms with Crippen LogP contribution >= 0.6 is 12.4 Å². The molecule has 1 unspecified atom stereocenters. The van der Waals surface area contributed by atoms with Gasteiger partial charge in [0, 0.05) is 0 Å². The number of anilines is 1. The average Bonchev–Trinajstić information content (AvgIpc) is 2.86. The molecule has 20 heavy (non-hydrogen) atoms. The summed E-state index contributed by atoms with van der Waals surface area (Å²) in [6.07, 6.45) is 2.94. The minimum Gasteiger partial charge on any atom is -0.469 e. The number of aromatic amines is 1. The van der Waals surface area contributed by atoms with Crippen LogP contribution in [0.2, 0.25) is 0 Å². The number of aromatic nitrogens is 3. The van der Waals surface area contributed by atoms with E-state index in [0.717, 1.165) is 25.8 Å². The van der Waals surface area contributed by atoms with Gasteiger partial charge in [0.05, 0.1) is 13.2 Å². The van der Waals surface area contributed by atoms with Gasteiger partial charge in [-0.1, -0.05) is 6.42 Å². The summed E-state index contributed by atoms with van der Waals surface area (Å²) in [5, 5.41) is 12.2. The molecule has 1 aliphatic heterocycles. The number of carbonyl (C=O) groups is 2. The smallest absolute Gasteiger partial charge is 0.313 e. The number of H-pyrrole nitrogens is 1. The van der Waals surface area contributed by atoms with Gasteiger partial charge in [-0.3, -0.25) is 20.0 Å². The molecule has 1 aromatic rings. The molecule has 3 N–H and O–H groups in total. The lowest BCUT2D eigenvalue weighted by Crippen LogP contribution is -2.43. The Kier molecular flexibility index (Phi) is 6.40. The maximum Gasteiger partial charge on any atom is 0.313 e. The van der Waals surface area contributed by atoms with Gasteiger partial charge >= 0.3 is 5.97 Å². The zero-order valence-electron chi connectivity index (χ0n) is 11.1. The Bertz CT molecular complexity index is 459. The molecule has 0 radical (unpaired) electrons. The van der Waals surface area contributed by atoms with Crippen LogP contribution in [0.15, 0.2) is 0 Å². The van der Waals surface area contributed by atoms with E-state index in [9.17, 15) is 9.59 Å². The van der Waals surface area contributed by atoms with E-state index in [0.29, 0.717) is 5.82 Å². The highest BCUT2D eigenvalue weighted by molar-refractivity contribution is 5.93. The SMILES string of the molecule is COC(=O)Cc1nc(NC(=O)C2CCCCN2)n[nH]1.Cl. The number of halogens is 1.